The van der Waals surface area contributed by atoms with Gasteiger partial charge in [0.25, 0.3) is 0 Å². The van der Waals surface area contributed by atoms with E-state index in [0.717, 1.165) is 22.2 Å². The van der Waals surface area contributed by atoms with Crippen molar-refractivity contribution in [3.05, 3.63) is 16.5 Å². The molecule has 1 fully saturated rings. The average Bonchev–Trinajstić information content (AvgIpc) is 2.37. The summed E-state index contributed by atoms with van der Waals surface area (Å²) in [6, 6.07) is 2.65. The molecule has 112 valence electrons. The lowest BCUT2D eigenvalue weighted by molar-refractivity contribution is 0.339. The normalized spacial score (nSPS) is 23.7. The summed E-state index contributed by atoms with van der Waals surface area (Å²) < 4.78 is 0.878. The van der Waals surface area contributed by atoms with Crippen molar-refractivity contribution in [2.45, 2.75) is 64.8 Å². The highest BCUT2D eigenvalue weighted by atomic mass is 79.9. The van der Waals surface area contributed by atoms with Crippen LogP contribution < -0.4 is 4.90 Å². The van der Waals surface area contributed by atoms with Gasteiger partial charge in [-0.15, -0.1) is 0 Å². The van der Waals surface area contributed by atoms with Crippen LogP contribution in [0.25, 0.3) is 0 Å². The molecule has 1 heterocycles. The predicted molar refractivity (Wildman–Crippen MR) is 88.3 cm³/mol. The van der Waals surface area contributed by atoms with Gasteiger partial charge in [-0.3, -0.25) is 0 Å². The molecule has 1 saturated carbocycles. The van der Waals surface area contributed by atoms with Crippen molar-refractivity contribution in [1.29, 1.82) is 0 Å². The first kappa shape index (κ1) is 15.7. The number of anilines is 1. The van der Waals surface area contributed by atoms with Crippen molar-refractivity contribution in [2.24, 2.45) is 5.92 Å². The van der Waals surface area contributed by atoms with Gasteiger partial charge in [0.05, 0.1) is 0 Å². The summed E-state index contributed by atoms with van der Waals surface area (Å²) in [6.45, 7) is 8.82. The minimum atomic E-state index is -0.0273. The number of aromatic nitrogens is 2. The molecular weight excluding hydrogens is 314 g/mol. The van der Waals surface area contributed by atoms with E-state index in [4.69, 9.17) is 4.98 Å². The van der Waals surface area contributed by atoms with Gasteiger partial charge in [0.1, 0.15) is 16.2 Å². The molecule has 0 radical (unpaired) electrons. The van der Waals surface area contributed by atoms with E-state index in [2.05, 4.69) is 60.6 Å². The zero-order valence-corrected chi connectivity index (χ0v) is 14.9. The van der Waals surface area contributed by atoms with Gasteiger partial charge in [-0.1, -0.05) is 27.7 Å². The van der Waals surface area contributed by atoms with Crippen LogP contribution in [0.4, 0.5) is 5.82 Å². The van der Waals surface area contributed by atoms with Crippen LogP contribution in [-0.2, 0) is 5.41 Å². The third-order valence-corrected chi connectivity index (χ3v) is 4.65. The Bertz CT molecular complexity index is 459. The average molecular weight is 340 g/mol. The fourth-order valence-corrected chi connectivity index (χ4v) is 3.11. The van der Waals surface area contributed by atoms with Crippen LogP contribution in [0, 0.1) is 5.92 Å². The first-order chi connectivity index (χ1) is 9.27. The number of nitrogens with zero attached hydrogens (tertiary/aromatic N) is 3. The molecule has 0 bridgehead atoms. The van der Waals surface area contributed by atoms with Gasteiger partial charge in [-0.2, -0.15) is 0 Å². The highest BCUT2D eigenvalue weighted by Gasteiger charge is 2.25. The zero-order chi connectivity index (χ0) is 14.9. The molecule has 0 aliphatic heterocycles. The van der Waals surface area contributed by atoms with Crippen molar-refractivity contribution in [1.82, 2.24) is 9.97 Å². The summed E-state index contributed by atoms with van der Waals surface area (Å²) in [7, 11) is 2.17. The number of hydrogen-bond acceptors (Lipinski definition) is 3. The van der Waals surface area contributed by atoms with E-state index >= 15 is 0 Å². The first-order valence-corrected chi connectivity index (χ1v) is 8.34. The highest BCUT2D eigenvalue weighted by molar-refractivity contribution is 9.10. The largest absolute Gasteiger partial charge is 0.357 e. The minimum absolute atomic E-state index is 0.0273. The van der Waals surface area contributed by atoms with Crippen LogP contribution in [0.2, 0.25) is 0 Å². The van der Waals surface area contributed by atoms with E-state index in [9.17, 15) is 0 Å². The summed E-state index contributed by atoms with van der Waals surface area (Å²) in [5.41, 5.74) is -0.0273. The zero-order valence-electron chi connectivity index (χ0n) is 13.3. The van der Waals surface area contributed by atoms with Gasteiger partial charge in [-0.25, -0.2) is 9.97 Å². The molecule has 20 heavy (non-hydrogen) atoms. The summed E-state index contributed by atoms with van der Waals surface area (Å²) in [5.74, 6) is 2.82. The Hall–Kier alpha value is -0.640. The lowest BCUT2D eigenvalue weighted by atomic mass is 9.87. The van der Waals surface area contributed by atoms with Crippen LogP contribution in [-0.4, -0.2) is 23.1 Å². The highest BCUT2D eigenvalue weighted by Crippen LogP contribution is 2.30. The van der Waals surface area contributed by atoms with E-state index in [-0.39, 0.29) is 5.41 Å². The first-order valence-electron chi connectivity index (χ1n) is 7.55. The summed E-state index contributed by atoms with van der Waals surface area (Å²) in [5, 5.41) is 0. The van der Waals surface area contributed by atoms with Gasteiger partial charge in [0.2, 0.25) is 0 Å². The van der Waals surface area contributed by atoms with Crippen molar-refractivity contribution >= 4 is 21.7 Å². The molecule has 0 N–H and O–H groups in total. The molecule has 2 rings (SSSR count). The molecule has 0 unspecified atom stereocenters. The predicted octanol–water partition coefficient (Wildman–Crippen LogP) is 4.55. The quantitative estimate of drug-likeness (QED) is 0.740. The Balaban J connectivity index is 2.21. The van der Waals surface area contributed by atoms with Crippen LogP contribution in [0.1, 0.15) is 59.2 Å². The summed E-state index contributed by atoms with van der Waals surface area (Å²) in [4.78, 5) is 11.6. The molecule has 3 nitrogen and oxygen atoms in total. The maximum atomic E-state index is 4.78. The van der Waals surface area contributed by atoms with Crippen molar-refractivity contribution in [3.63, 3.8) is 0 Å². The second-order valence-electron chi connectivity index (χ2n) is 7.15. The smallest absolute Gasteiger partial charge is 0.137 e. The van der Waals surface area contributed by atoms with Gasteiger partial charge in [0.15, 0.2) is 0 Å². The van der Waals surface area contributed by atoms with E-state index in [1.807, 2.05) is 6.07 Å². The molecule has 1 aliphatic rings. The molecule has 0 atom stereocenters. The Labute approximate surface area is 131 Å². The molecule has 0 saturated heterocycles. The number of hydrogen-bond donors (Lipinski definition) is 0. The van der Waals surface area contributed by atoms with Crippen molar-refractivity contribution in [3.8, 4) is 0 Å². The Morgan fingerprint density at radius 3 is 2.30 bits per heavy atom. The van der Waals surface area contributed by atoms with Crippen LogP contribution in [0.5, 0.6) is 0 Å². The molecule has 1 aromatic rings. The number of rotatable bonds is 2. The Kier molecular flexibility index (Phi) is 4.73. The molecule has 0 aromatic carbocycles. The fourth-order valence-electron chi connectivity index (χ4n) is 2.74. The van der Waals surface area contributed by atoms with E-state index in [1.165, 1.54) is 25.7 Å². The lowest BCUT2D eigenvalue weighted by Crippen LogP contribution is -2.36. The van der Waals surface area contributed by atoms with Gasteiger partial charge in [-0.05, 0) is 47.5 Å². The summed E-state index contributed by atoms with van der Waals surface area (Å²) in [6.07, 6.45) is 5.19. The Morgan fingerprint density at radius 1 is 1.15 bits per heavy atom. The van der Waals surface area contributed by atoms with E-state index in [1.54, 1.807) is 0 Å². The molecule has 0 amide bonds. The summed E-state index contributed by atoms with van der Waals surface area (Å²) >= 11 is 3.53. The van der Waals surface area contributed by atoms with Crippen LogP contribution in [0.15, 0.2) is 10.7 Å². The topological polar surface area (TPSA) is 29.0 Å². The second kappa shape index (κ2) is 6.00. The molecule has 1 aliphatic carbocycles. The number of halogens is 1. The van der Waals surface area contributed by atoms with Gasteiger partial charge >= 0.3 is 0 Å². The maximum absolute atomic E-state index is 4.78. The third-order valence-electron chi connectivity index (χ3n) is 4.25. The monoisotopic (exact) mass is 339 g/mol. The molecule has 0 spiro atoms. The van der Waals surface area contributed by atoms with Crippen molar-refractivity contribution < 1.29 is 0 Å². The van der Waals surface area contributed by atoms with E-state index < -0.39 is 0 Å². The lowest BCUT2D eigenvalue weighted by Gasteiger charge is -2.34. The maximum Gasteiger partial charge on any atom is 0.137 e. The van der Waals surface area contributed by atoms with Crippen LogP contribution >= 0.6 is 15.9 Å². The van der Waals surface area contributed by atoms with Crippen LogP contribution in [0.3, 0.4) is 0 Å². The second-order valence-corrected chi connectivity index (χ2v) is 7.96. The Morgan fingerprint density at radius 2 is 1.75 bits per heavy atom. The standard InChI is InChI=1S/C16H26BrN3/c1-11-6-8-12(9-7-11)20(5)14-10-13(17)18-15(19-14)16(2,3)4/h10-12H,6-9H2,1-5H3. The van der Waals surface area contributed by atoms with Gasteiger partial charge < -0.3 is 4.90 Å². The molecular formula is C16H26BrN3. The van der Waals surface area contributed by atoms with Crippen molar-refractivity contribution in [2.75, 3.05) is 11.9 Å². The SMILES string of the molecule is CC1CCC(N(C)c2cc(Br)nc(C(C)(C)C)n2)CC1. The van der Waals surface area contributed by atoms with E-state index in [0.29, 0.717) is 6.04 Å². The molecule has 4 heteroatoms. The molecule has 1 aromatic heterocycles. The van der Waals surface area contributed by atoms with Gasteiger partial charge in [0, 0.05) is 24.6 Å². The minimum Gasteiger partial charge on any atom is -0.357 e. The third kappa shape index (κ3) is 3.72. The fraction of sp³-hybridized carbons (Fsp3) is 0.750.